The molecule has 0 saturated carbocycles. The Bertz CT molecular complexity index is 669. The Balaban J connectivity index is 1.57. The highest BCUT2D eigenvalue weighted by atomic mass is 16.5. The fourth-order valence-electron chi connectivity index (χ4n) is 2.51. The molecule has 0 saturated heterocycles. The van der Waals surface area contributed by atoms with Crippen LogP contribution in [0, 0.1) is 0 Å². The molecule has 0 unspecified atom stereocenters. The van der Waals surface area contributed by atoms with Crippen LogP contribution in [0.1, 0.15) is 18.4 Å². The van der Waals surface area contributed by atoms with E-state index in [0.29, 0.717) is 6.54 Å². The number of para-hydroxylation sites is 1. The van der Waals surface area contributed by atoms with Gasteiger partial charge in [-0.25, -0.2) is 10.2 Å². The first-order chi connectivity index (χ1) is 10.6. The summed E-state index contributed by atoms with van der Waals surface area (Å²) >= 11 is 0. The topological polar surface area (TPSA) is 88.1 Å². The van der Waals surface area contributed by atoms with Crippen molar-refractivity contribution >= 4 is 29.2 Å². The van der Waals surface area contributed by atoms with Gasteiger partial charge in [0.2, 0.25) is 5.91 Å². The quantitative estimate of drug-likeness (QED) is 0.818. The normalized spacial score (nSPS) is 16.6. The zero-order chi connectivity index (χ0) is 15.5. The van der Waals surface area contributed by atoms with Gasteiger partial charge < -0.3 is 9.64 Å². The maximum atomic E-state index is 12.2. The van der Waals surface area contributed by atoms with Gasteiger partial charge in [-0.2, -0.15) is 5.10 Å². The Hall–Kier alpha value is -2.70. The number of anilines is 1. The Morgan fingerprint density at radius 2 is 2.05 bits per heavy atom. The van der Waals surface area contributed by atoms with Crippen LogP contribution in [-0.2, 0) is 25.5 Å². The Morgan fingerprint density at radius 1 is 1.23 bits per heavy atom. The van der Waals surface area contributed by atoms with Gasteiger partial charge in [0, 0.05) is 25.1 Å². The van der Waals surface area contributed by atoms with Crippen molar-refractivity contribution in [1.29, 1.82) is 0 Å². The second kappa shape index (κ2) is 5.97. The molecule has 3 rings (SSSR count). The highest BCUT2D eigenvalue weighted by molar-refractivity contribution is 6.37. The van der Waals surface area contributed by atoms with Gasteiger partial charge in [0.15, 0.2) is 6.61 Å². The lowest BCUT2D eigenvalue weighted by molar-refractivity contribution is -0.141. The molecule has 1 aromatic rings. The minimum atomic E-state index is -0.666. The number of rotatable bonds is 3. The number of nitrogens with zero attached hydrogens (tertiary/aromatic N) is 2. The van der Waals surface area contributed by atoms with E-state index >= 15 is 0 Å². The maximum absolute atomic E-state index is 12.2. The Labute approximate surface area is 126 Å². The molecule has 0 spiro atoms. The molecule has 0 aliphatic carbocycles. The predicted molar refractivity (Wildman–Crippen MR) is 78.3 cm³/mol. The SMILES string of the molecule is O=C1CCC(C(=O)OCC(=O)N2CCc3ccccc32)=NN1. The van der Waals surface area contributed by atoms with Crippen molar-refractivity contribution in [2.45, 2.75) is 19.3 Å². The number of esters is 1. The van der Waals surface area contributed by atoms with Crippen molar-refractivity contribution < 1.29 is 19.1 Å². The van der Waals surface area contributed by atoms with Crippen LogP contribution >= 0.6 is 0 Å². The maximum Gasteiger partial charge on any atom is 0.355 e. The third-order valence-electron chi connectivity index (χ3n) is 3.66. The van der Waals surface area contributed by atoms with E-state index in [4.69, 9.17) is 4.74 Å². The van der Waals surface area contributed by atoms with Crippen LogP contribution in [0.25, 0.3) is 0 Å². The Kier molecular flexibility index (Phi) is 3.86. The number of fused-ring (bicyclic) bond motifs is 1. The first kappa shape index (κ1) is 14.2. The molecule has 2 aliphatic heterocycles. The predicted octanol–water partition coefficient (Wildman–Crippen LogP) is 0.385. The average molecular weight is 301 g/mol. The van der Waals surface area contributed by atoms with Gasteiger partial charge >= 0.3 is 5.97 Å². The summed E-state index contributed by atoms with van der Waals surface area (Å²) in [5, 5.41) is 3.64. The highest BCUT2D eigenvalue weighted by Gasteiger charge is 2.26. The molecule has 0 aromatic heterocycles. The van der Waals surface area contributed by atoms with Gasteiger partial charge in [-0.3, -0.25) is 9.59 Å². The van der Waals surface area contributed by atoms with Crippen molar-refractivity contribution in [3.05, 3.63) is 29.8 Å². The van der Waals surface area contributed by atoms with Crippen LogP contribution in [0.4, 0.5) is 5.69 Å². The smallest absolute Gasteiger partial charge is 0.355 e. The third kappa shape index (κ3) is 2.83. The second-order valence-corrected chi connectivity index (χ2v) is 5.09. The van der Waals surface area contributed by atoms with E-state index in [1.165, 1.54) is 0 Å². The number of carbonyl (C=O) groups is 3. The van der Waals surface area contributed by atoms with Crippen molar-refractivity contribution in [1.82, 2.24) is 5.43 Å². The van der Waals surface area contributed by atoms with Crippen LogP contribution in [0.2, 0.25) is 0 Å². The van der Waals surface area contributed by atoms with Crippen molar-refractivity contribution in [3.8, 4) is 0 Å². The summed E-state index contributed by atoms with van der Waals surface area (Å²) in [6.07, 6.45) is 1.22. The number of benzene rings is 1. The molecule has 22 heavy (non-hydrogen) atoms. The first-order valence-corrected chi connectivity index (χ1v) is 7.06. The van der Waals surface area contributed by atoms with Gasteiger partial charge in [-0.05, 0) is 18.1 Å². The van der Waals surface area contributed by atoms with E-state index < -0.39 is 5.97 Å². The van der Waals surface area contributed by atoms with Crippen LogP contribution < -0.4 is 10.3 Å². The van der Waals surface area contributed by atoms with Gasteiger partial charge in [-0.1, -0.05) is 18.2 Å². The molecule has 2 aliphatic rings. The summed E-state index contributed by atoms with van der Waals surface area (Å²) in [4.78, 5) is 36.6. The van der Waals surface area contributed by atoms with Crippen LogP contribution in [-0.4, -0.2) is 36.6 Å². The molecule has 2 heterocycles. The molecular weight excluding hydrogens is 286 g/mol. The van der Waals surface area contributed by atoms with E-state index in [9.17, 15) is 14.4 Å². The molecule has 0 bridgehead atoms. The number of nitrogens with one attached hydrogen (secondary N) is 1. The van der Waals surface area contributed by atoms with E-state index in [2.05, 4.69) is 10.5 Å². The lowest BCUT2D eigenvalue weighted by Gasteiger charge is -2.17. The second-order valence-electron chi connectivity index (χ2n) is 5.09. The average Bonchev–Trinajstić information content (AvgIpc) is 2.97. The molecule has 0 atom stereocenters. The first-order valence-electron chi connectivity index (χ1n) is 7.06. The van der Waals surface area contributed by atoms with Gasteiger partial charge in [0.25, 0.3) is 5.91 Å². The Morgan fingerprint density at radius 3 is 2.82 bits per heavy atom. The summed E-state index contributed by atoms with van der Waals surface area (Å²) in [5.74, 6) is -1.17. The van der Waals surface area contributed by atoms with E-state index in [1.807, 2.05) is 24.3 Å². The van der Waals surface area contributed by atoms with Gasteiger partial charge in [-0.15, -0.1) is 0 Å². The molecule has 7 heteroatoms. The van der Waals surface area contributed by atoms with Gasteiger partial charge in [0.05, 0.1) is 0 Å². The third-order valence-corrected chi connectivity index (χ3v) is 3.66. The van der Waals surface area contributed by atoms with Crippen LogP contribution in [0.5, 0.6) is 0 Å². The zero-order valence-corrected chi connectivity index (χ0v) is 11.9. The molecule has 0 fully saturated rings. The number of ether oxygens (including phenoxy) is 1. The molecular formula is C15H15N3O4. The van der Waals surface area contributed by atoms with Crippen LogP contribution in [0.3, 0.4) is 0 Å². The fourth-order valence-corrected chi connectivity index (χ4v) is 2.51. The van der Waals surface area contributed by atoms with E-state index in [1.54, 1.807) is 4.90 Å². The summed E-state index contributed by atoms with van der Waals surface area (Å²) in [7, 11) is 0. The minimum absolute atomic E-state index is 0.134. The number of hydrogen-bond acceptors (Lipinski definition) is 5. The minimum Gasteiger partial charge on any atom is -0.451 e. The van der Waals surface area contributed by atoms with E-state index in [0.717, 1.165) is 17.7 Å². The molecule has 1 N–H and O–H groups in total. The van der Waals surface area contributed by atoms with Crippen LogP contribution in [0.15, 0.2) is 29.4 Å². The van der Waals surface area contributed by atoms with Crippen molar-refractivity contribution in [2.75, 3.05) is 18.1 Å². The monoisotopic (exact) mass is 301 g/mol. The number of carbonyl (C=O) groups excluding carboxylic acids is 3. The highest BCUT2D eigenvalue weighted by Crippen LogP contribution is 2.27. The molecule has 0 radical (unpaired) electrons. The fraction of sp³-hybridized carbons (Fsp3) is 0.333. The van der Waals surface area contributed by atoms with Crippen molar-refractivity contribution in [2.24, 2.45) is 5.10 Å². The lowest BCUT2D eigenvalue weighted by Crippen LogP contribution is -2.35. The number of hydrogen-bond donors (Lipinski definition) is 1. The standard InChI is InChI=1S/C15H15N3O4/c19-13-6-5-11(16-17-13)15(21)22-9-14(20)18-8-7-10-3-1-2-4-12(10)18/h1-4H,5-9H2,(H,17,19). The largest absolute Gasteiger partial charge is 0.451 e. The summed E-state index contributed by atoms with van der Waals surface area (Å²) in [5.41, 5.74) is 4.33. The van der Waals surface area contributed by atoms with E-state index in [-0.39, 0.29) is 37.0 Å². The summed E-state index contributed by atoms with van der Waals surface area (Å²) in [6, 6.07) is 7.66. The number of amides is 2. The van der Waals surface area contributed by atoms with Gasteiger partial charge in [0.1, 0.15) is 5.71 Å². The molecule has 2 amide bonds. The van der Waals surface area contributed by atoms with Crippen molar-refractivity contribution in [3.63, 3.8) is 0 Å². The lowest BCUT2D eigenvalue weighted by atomic mass is 10.2. The summed E-state index contributed by atoms with van der Waals surface area (Å²) in [6.45, 7) is 0.257. The number of hydrazone groups is 1. The summed E-state index contributed by atoms with van der Waals surface area (Å²) < 4.78 is 4.99. The molecule has 114 valence electrons. The zero-order valence-electron chi connectivity index (χ0n) is 11.9. The molecule has 7 nitrogen and oxygen atoms in total. The molecule has 1 aromatic carbocycles.